The van der Waals surface area contributed by atoms with Crippen LogP contribution in [0.5, 0.6) is 11.6 Å². The Morgan fingerprint density at radius 1 is 1.19 bits per heavy atom. The normalized spacial score (nSPS) is 22.2. The second kappa shape index (κ2) is 6.74. The molecule has 2 aliphatic rings. The minimum Gasteiger partial charge on any atom is -0.481 e. The maximum absolute atomic E-state index is 12.9. The van der Waals surface area contributed by atoms with Crippen LogP contribution in [0.3, 0.4) is 0 Å². The van der Waals surface area contributed by atoms with Crippen LogP contribution in [0.25, 0.3) is 0 Å². The topological polar surface area (TPSA) is 92.6 Å². The number of carbonyl (C=O) groups excluding carboxylic acids is 1. The molecule has 7 nitrogen and oxygen atoms in total. The van der Waals surface area contributed by atoms with Crippen molar-refractivity contribution in [1.82, 2.24) is 14.9 Å². The molecule has 134 valence electrons. The fourth-order valence-corrected chi connectivity index (χ4v) is 3.59. The summed E-state index contributed by atoms with van der Waals surface area (Å²) in [6, 6.07) is 6.84. The first-order valence-electron chi connectivity index (χ1n) is 8.68. The summed E-state index contributed by atoms with van der Waals surface area (Å²) < 4.78 is 5.62. The molecule has 2 fully saturated rings. The van der Waals surface area contributed by atoms with E-state index < -0.39 is 11.9 Å². The fourth-order valence-electron chi connectivity index (χ4n) is 3.59. The Balaban J connectivity index is 1.49. The SMILES string of the molecule is O=C(O)[C@H]1CN(C(=O)c2cccc(Oc3cnccn3)c2)C[C@@H]1C1CC1. The van der Waals surface area contributed by atoms with E-state index in [4.69, 9.17) is 4.74 Å². The molecule has 1 aromatic heterocycles. The summed E-state index contributed by atoms with van der Waals surface area (Å²) in [5.41, 5.74) is 0.479. The van der Waals surface area contributed by atoms with Crippen LogP contribution < -0.4 is 4.74 Å². The van der Waals surface area contributed by atoms with Gasteiger partial charge in [0.05, 0.1) is 12.1 Å². The minimum absolute atomic E-state index is 0.0653. The molecule has 2 aromatic rings. The van der Waals surface area contributed by atoms with E-state index in [1.807, 2.05) is 0 Å². The lowest BCUT2D eigenvalue weighted by atomic mass is 9.92. The Morgan fingerprint density at radius 3 is 2.73 bits per heavy atom. The highest BCUT2D eigenvalue weighted by molar-refractivity contribution is 5.95. The molecule has 0 spiro atoms. The van der Waals surface area contributed by atoms with Gasteiger partial charge in [0.15, 0.2) is 0 Å². The van der Waals surface area contributed by atoms with E-state index in [1.54, 1.807) is 35.4 Å². The van der Waals surface area contributed by atoms with Crippen molar-refractivity contribution in [3.05, 3.63) is 48.4 Å². The molecule has 1 aromatic carbocycles. The number of carboxylic acid groups (broad SMARTS) is 1. The molecule has 7 heteroatoms. The smallest absolute Gasteiger partial charge is 0.308 e. The highest BCUT2D eigenvalue weighted by Gasteiger charge is 2.46. The van der Waals surface area contributed by atoms with Crippen molar-refractivity contribution in [3.63, 3.8) is 0 Å². The standard InChI is InChI=1S/C19H19N3O4/c23-18(22-10-15(12-4-5-12)16(11-22)19(24)25)13-2-1-3-14(8-13)26-17-9-20-6-7-21-17/h1-3,6-9,12,15-16H,4-5,10-11H2,(H,24,25)/t15-,16+/m1/s1. The van der Waals surface area contributed by atoms with Crippen LogP contribution in [-0.4, -0.2) is 44.9 Å². The molecular formula is C19H19N3O4. The average molecular weight is 353 g/mol. The van der Waals surface area contributed by atoms with Crippen LogP contribution in [0, 0.1) is 17.8 Å². The quantitative estimate of drug-likeness (QED) is 0.887. The number of carbonyl (C=O) groups is 2. The molecule has 1 amide bonds. The summed E-state index contributed by atoms with van der Waals surface area (Å²) in [4.78, 5) is 34.0. The molecule has 1 saturated carbocycles. The lowest BCUT2D eigenvalue weighted by molar-refractivity contribution is -0.142. The van der Waals surface area contributed by atoms with Crippen LogP contribution in [0.1, 0.15) is 23.2 Å². The third kappa shape index (κ3) is 3.37. The van der Waals surface area contributed by atoms with Crippen LogP contribution >= 0.6 is 0 Å². The summed E-state index contributed by atoms with van der Waals surface area (Å²) in [6.45, 7) is 0.778. The number of hydrogen-bond acceptors (Lipinski definition) is 5. The summed E-state index contributed by atoms with van der Waals surface area (Å²) >= 11 is 0. The van der Waals surface area contributed by atoms with Crippen LogP contribution in [0.15, 0.2) is 42.9 Å². The Labute approximate surface area is 150 Å². The molecule has 0 radical (unpaired) electrons. The van der Waals surface area contributed by atoms with Gasteiger partial charge < -0.3 is 14.7 Å². The van der Waals surface area contributed by atoms with Crippen LogP contribution in [0.2, 0.25) is 0 Å². The second-order valence-electron chi connectivity index (χ2n) is 6.83. The molecule has 2 heterocycles. The Morgan fingerprint density at radius 2 is 2.04 bits per heavy atom. The molecular weight excluding hydrogens is 334 g/mol. The Bertz CT molecular complexity index is 823. The van der Waals surface area contributed by atoms with Crippen molar-refractivity contribution >= 4 is 11.9 Å². The third-order valence-electron chi connectivity index (χ3n) is 5.04. The zero-order valence-corrected chi connectivity index (χ0v) is 14.1. The van der Waals surface area contributed by atoms with E-state index in [0.29, 0.717) is 29.7 Å². The lowest BCUT2D eigenvalue weighted by Crippen LogP contribution is -2.29. The average Bonchev–Trinajstić information content (AvgIpc) is 3.40. The van der Waals surface area contributed by atoms with Gasteiger partial charge in [-0.15, -0.1) is 0 Å². The van der Waals surface area contributed by atoms with Gasteiger partial charge in [0, 0.05) is 31.0 Å². The highest BCUT2D eigenvalue weighted by atomic mass is 16.5. The zero-order chi connectivity index (χ0) is 18.1. The van der Waals surface area contributed by atoms with Crippen LogP contribution in [0.4, 0.5) is 0 Å². The van der Waals surface area contributed by atoms with Crippen molar-refractivity contribution in [2.45, 2.75) is 12.8 Å². The molecule has 0 unspecified atom stereocenters. The highest BCUT2D eigenvalue weighted by Crippen LogP contribution is 2.44. The second-order valence-corrected chi connectivity index (χ2v) is 6.83. The predicted molar refractivity (Wildman–Crippen MR) is 91.8 cm³/mol. The number of nitrogens with zero attached hydrogens (tertiary/aromatic N) is 3. The van der Waals surface area contributed by atoms with Gasteiger partial charge in [-0.05, 0) is 42.9 Å². The first-order chi connectivity index (χ1) is 12.6. The maximum Gasteiger partial charge on any atom is 0.308 e. The van der Waals surface area contributed by atoms with Gasteiger partial charge in [0.25, 0.3) is 5.91 Å². The van der Waals surface area contributed by atoms with Crippen molar-refractivity contribution < 1.29 is 19.4 Å². The Hall–Kier alpha value is -2.96. The number of ether oxygens (including phenoxy) is 1. The number of hydrogen-bond donors (Lipinski definition) is 1. The van der Waals surface area contributed by atoms with E-state index in [0.717, 1.165) is 12.8 Å². The summed E-state index contributed by atoms with van der Waals surface area (Å²) in [5, 5.41) is 9.47. The van der Waals surface area contributed by atoms with Crippen LogP contribution in [-0.2, 0) is 4.79 Å². The molecule has 0 bridgehead atoms. The molecule has 26 heavy (non-hydrogen) atoms. The number of benzene rings is 1. The zero-order valence-electron chi connectivity index (χ0n) is 14.1. The number of amides is 1. The van der Waals surface area contributed by atoms with Crippen molar-refractivity contribution in [1.29, 1.82) is 0 Å². The fraction of sp³-hybridized carbons (Fsp3) is 0.368. The van der Waals surface area contributed by atoms with E-state index in [9.17, 15) is 14.7 Å². The van der Waals surface area contributed by atoms with Gasteiger partial charge in [-0.1, -0.05) is 6.07 Å². The summed E-state index contributed by atoms with van der Waals surface area (Å²) in [6.07, 6.45) is 6.70. The number of carboxylic acids is 1. The molecule has 4 rings (SSSR count). The van der Waals surface area contributed by atoms with Gasteiger partial charge in [-0.3, -0.25) is 14.6 Å². The number of rotatable bonds is 5. The van der Waals surface area contributed by atoms with E-state index in [2.05, 4.69) is 9.97 Å². The number of aliphatic carboxylic acids is 1. The van der Waals surface area contributed by atoms with Gasteiger partial charge in [0.1, 0.15) is 5.75 Å². The molecule has 1 aliphatic heterocycles. The molecule has 1 aliphatic carbocycles. The third-order valence-corrected chi connectivity index (χ3v) is 5.04. The first-order valence-corrected chi connectivity index (χ1v) is 8.68. The van der Waals surface area contributed by atoms with E-state index in [-0.39, 0.29) is 18.4 Å². The summed E-state index contributed by atoms with van der Waals surface area (Å²) in [5.74, 6) is -0.0933. The van der Waals surface area contributed by atoms with Crippen molar-refractivity contribution in [3.8, 4) is 11.6 Å². The molecule has 2 atom stereocenters. The summed E-state index contributed by atoms with van der Waals surface area (Å²) in [7, 11) is 0. The van der Waals surface area contributed by atoms with Gasteiger partial charge in [0.2, 0.25) is 5.88 Å². The maximum atomic E-state index is 12.9. The van der Waals surface area contributed by atoms with Gasteiger partial charge in [-0.25, -0.2) is 4.98 Å². The largest absolute Gasteiger partial charge is 0.481 e. The van der Waals surface area contributed by atoms with Gasteiger partial charge in [-0.2, -0.15) is 0 Å². The number of likely N-dealkylation sites (tertiary alicyclic amines) is 1. The lowest BCUT2D eigenvalue weighted by Gasteiger charge is -2.16. The van der Waals surface area contributed by atoms with E-state index >= 15 is 0 Å². The number of aromatic nitrogens is 2. The minimum atomic E-state index is -0.808. The van der Waals surface area contributed by atoms with Gasteiger partial charge >= 0.3 is 5.97 Å². The molecule has 1 N–H and O–H groups in total. The monoisotopic (exact) mass is 353 g/mol. The molecule has 1 saturated heterocycles. The Kier molecular flexibility index (Phi) is 4.28. The predicted octanol–water partition coefficient (Wildman–Crippen LogP) is 2.45. The van der Waals surface area contributed by atoms with E-state index in [1.165, 1.54) is 12.4 Å². The van der Waals surface area contributed by atoms with Crippen molar-refractivity contribution in [2.24, 2.45) is 17.8 Å². The first kappa shape index (κ1) is 16.5. The van der Waals surface area contributed by atoms with Crippen molar-refractivity contribution in [2.75, 3.05) is 13.1 Å².